The quantitative estimate of drug-likeness (QED) is 0.687. The molecule has 1 rings (SSSR count). The highest BCUT2D eigenvalue weighted by atomic mass is 16.1. The van der Waals surface area contributed by atoms with E-state index in [1.165, 1.54) is 0 Å². The highest BCUT2D eigenvalue weighted by Gasteiger charge is 2.11. The van der Waals surface area contributed by atoms with Gasteiger partial charge < -0.3 is 5.31 Å². The molecule has 1 aromatic rings. The monoisotopic (exact) mass is 165 g/mol. The van der Waals surface area contributed by atoms with Crippen molar-refractivity contribution in [2.24, 2.45) is 0 Å². The summed E-state index contributed by atoms with van der Waals surface area (Å²) in [6.45, 7) is 1.72. The molecule has 1 aromatic carbocycles. The molecule has 1 N–H and O–H groups in total. The van der Waals surface area contributed by atoms with Gasteiger partial charge in [-0.2, -0.15) is 0 Å². The summed E-state index contributed by atoms with van der Waals surface area (Å²) in [7, 11) is 1.57. The van der Waals surface area contributed by atoms with E-state index in [0.717, 1.165) is 5.31 Å². The van der Waals surface area contributed by atoms with Gasteiger partial charge in [0.15, 0.2) is 5.78 Å². The van der Waals surface area contributed by atoms with Crippen LogP contribution in [0.25, 0.3) is 0 Å². The molecule has 0 heterocycles. The first-order chi connectivity index (χ1) is 6.13. The topological polar surface area (TPSA) is 29.1 Å². The average molecular weight is 165 g/mol. The molecule has 1 unspecified atom stereocenters. The van der Waals surface area contributed by atoms with Crippen LogP contribution in [-0.4, -0.2) is 18.9 Å². The first-order valence-electron chi connectivity index (χ1n) is 4.38. The van der Waals surface area contributed by atoms with E-state index in [2.05, 4.69) is 0 Å². The third kappa shape index (κ3) is 1.92. The van der Waals surface area contributed by atoms with Crippen molar-refractivity contribution in [2.45, 2.75) is 13.0 Å². The Hall–Kier alpha value is -1.15. The second kappa shape index (κ2) is 4.02. The van der Waals surface area contributed by atoms with Crippen LogP contribution in [0, 0.1) is 0 Å². The third-order valence-corrected chi connectivity index (χ3v) is 1.83. The van der Waals surface area contributed by atoms with E-state index in [-0.39, 0.29) is 11.8 Å². The summed E-state index contributed by atoms with van der Waals surface area (Å²) in [6.07, 6.45) is 0. The lowest BCUT2D eigenvalue weighted by atomic mass is 10.1. The van der Waals surface area contributed by atoms with Crippen LogP contribution in [0.4, 0.5) is 0 Å². The van der Waals surface area contributed by atoms with Gasteiger partial charge in [0.05, 0.1) is 6.04 Å². The standard InChI is InChI=1S/C10H13NO/c1-8(11-2)10(12)9-6-4-3-5-7-9/h3-8,11H,1-2H3/i/hT. The van der Waals surface area contributed by atoms with E-state index >= 15 is 0 Å². The van der Waals surface area contributed by atoms with Crippen LogP contribution in [0.15, 0.2) is 30.3 Å². The van der Waals surface area contributed by atoms with Crippen molar-refractivity contribution < 1.29 is 6.21 Å². The van der Waals surface area contributed by atoms with Gasteiger partial charge in [-0.15, -0.1) is 0 Å². The van der Waals surface area contributed by atoms with Gasteiger partial charge in [-0.1, -0.05) is 30.3 Å². The molecule has 64 valence electrons. The maximum Gasteiger partial charge on any atom is 0.179 e. The molecule has 0 aliphatic heterocycles. The second-order valence-electron chi connectivity index (χ2n) is 2.66. The molecule has 0 amide bonds. The Morgan fingerprint density at radius 1 is 1.50 bits per heavy atom. The summed E-state index contributed by atoms with van der Waals surface area (Å²) in [4.78, 5) is 11.6. The maximum atomic E-state index is 11.6. The molecule has 0 saturated carbocycles. The zero-order chi connectivity index (χ0) is 9.84. The minimum Gasteiger partial charge on any atom is -0.310 e. The van der Waals surface area contributed by atoms with Gasteiger partial charge >= 0.3 is 0 Å². The number of ketones is 1. The number of nitrogens with one attached hydrogen (secondary N) is 1. The molecule has 2 heteroatoms. The number of hydrogen-bond donors (Lipinski definition) is 1. The van der Waals surface area contributed by atoms with Crippen molar-refractivity contribution in [3.8, 4) is 0 Å². The first-order valence-corrected chi connectivity index (χ1v) is 3.94. The molecule has 0 aromatic heterocycles. The van der Waals surface area contributed by atoms with Crippen LogP contribution in [-0.2, 0) is 0 Å². The third-order valence-electron chi connectivity index (χ3n) is 1.83. The first kappa shape index (κ1) is 7.50. The Kier molecular flexibility index (Phi) is 2.51. The van der Waals surface area contributed by atoms with E-state index < -0.39 is 0 Å². The molecular formula is C10H13NO. The normalized spacial score (nSPS) is 14.1. The molecule has 0 saturated heterocycles. The number of likely N-dealkylation sites (N-methyl/N-ethyl adjacent to an activating group) is 1. The van der Waals surface area contributed by atoms with Crippen LogP contribution < -0.4 is 5.31 Å². The van der Waals surface area contributed by atoms with E-state index in [1.54, 1.807) is 26.1 Å². The highest BCUT2D eigenvalue weighted by molar-refractivity contribution is 5.99. The Morgan fingerprint density at radius 2 is 2.08 bits per heavy atom. The van der Waals surface area contributed by atoms with Crippen LogP contribution in [0.2, 0.25) is 1.41 Å². The molecule has 0 radical (unpaired) electrons. The van der Waals surface area contributed by atoms with Crippen molar-refractivity contribution in [3.63, 3.8) is 0 Å². The zero-order valence-corrected chi connectivity index (χ0v) is 7.32. The number of rotatable bonds is 3. The fourth-order valence-corrected chi connectivity index (χ4v) is 0.961. The van der Waals surface area contributed by atoms with Crippen LogP contribution in [0.3, 0.4) is 0 Å². The molecule has 0 spiro atoms. The number of benzene rings is 1. The smallest absolute Gasteiger partial charge is 0.179 e. The largest absolute Gasteiger partial charge is 0.310 e. The molecule has 0 aliphatic carbocycles. The SMILES string of the molecule is [3H]N(C)C(C)C(=O)c1ccccc1. The van der Waals surface area contributed by atoms with Gasteiger partial charge in [-0.05, 0) is 14.0 Å². The van der Waals surface area contributed by atoms with E-state index in [4.69, 9.17) is 1.41 Å². The van der Waals surface area contributed by atoms with Gasteiger partial charge in [0.25, 0.3) is 0 Å². The summed E-state index contributed by atoms with van der Waals surface area (Å²) in [5, 5.41) is 1.16. The summed E-state index contributed by atoms with van der Waals surface area (Å²) in [5.41, 5.74) is 0.661. The Bertz CT molecular complexity index is 284. The minimum absolute atomic E-state index is 0.0156. The molecule has 0 fully saturated rings. The van der Waals surface area contributed by atoms with Gasteiger partial charge in [0, 0.05) is 5.56 Å². The maximum absolute atomic E-state index is 11.6. The lowest BCUT2D eigenvalue weighted by Crippen LogP contribution is -2.30. The summed E-state index contributed by atoms with van der Waals surface area (Å²) in [5.74, 6) is -0.0156. The lowest BCUT2D eigenvalue weighted by molar-refractivity contribution is 0.0955. The second-order valence-corrected chi connectivity index (χ2v) is 2.66. The van der Waals surface area contributed by atoms with E-state index in [9.17, 15) is 4.79 Å². The number of hydrogen-bond acceptors (Lipinski definition) is 2. The van der Waals surface area contributed by atoms with Crippen molar-refractivity contribution in [2.75, 3.05) is 7.05 Å². The van der Waals surface area contributed by atoms with Crippen molar-refractivity contribution in [3.05, 3.63) is 35.9 Å². The van der Waals surface area contributed by atoms with E-state index in [1.807, 2.05) is 18.2 Å². The van der Waals surface area contributed by atoms with Gasteiger partial charge in [-0.25, -0.2) is 0 Å². The molecule has 0 aliphatic rings. The molecule has 2 nitrogen and oxygen atoms in total. The molecule has 0 bridgehead atoms. The van der Waals surface area contributed by atoms with Gasteiger partial charge in [0.1, 0.15) is 1.41 Å². The fraction of sp³-hybridized carbons (Fsp3) is 0.300. The van der Waals surface area contributed by atoms with Crippen molar-refractivity contribution >= 4 is 5.78 Å². The summed E-state index contributed by atoms with van der Waals surface area (Å²) < 4.78 is 7.28. The molecule has 1 atom stereocenters. The number of carbonyl (C=O) groups is 1. The average Bonchev–Trinajstić information content (AvgIpc) is 2.17. The minimum atomic E-state index is -0.387. The highest BCUT2D eigenvalue weighted by Crippen LogP contribution is 2.02. The molecular weight excluding hydrogens is 150 g/mol. The van der Waals surface area contributed by atoms with Crippen LogP contribution >= 0.6 is 0 Å². The lowest BCUT2D eigenvalue weighted by Gasteiger charge is -2.07. The predicted octanol–water partition coefficient (Wildman–Crippen LogP) is 1.48. The Labute approximate surface area is 74.1 Å². The van der Waals surface area contributed by atoms with Crippen LogP contribution in [0.1, 0.15) is 17.3 Å². The summed E-state index contributed by atoms with van der Waals surface area (Å²) in [6, 6.07) is 8.66. The molecule has 12 heavy (non-hydrogen) atoms. The van der Waals surface area contributed by atoms with E-state index in [0.29, 0.717) is 5.56 Å². The van der Waals surface area contributed by atoms with Crippen molar-refractivity contribution in [1.82, 2.24) is 5.31 Å². The Balaban J connectivity index is 2.80. The number of Topliss-reactive ketones (excluding diaryl/α,β-unsaturated/α-hetero) is 1. The van der Waals surface area contributed by atoms with Crippen molar-refractivity contribution in [1.29, 1.82) is 0 Å². The van der Waals surface area contributed by atoms with Gasteiger partial charge in [0.2, 0.25) is 0 Å². The Morgan fingerprint density at radius 3 is 2.58 bits per heavy atom. The van der Waals surface area contributed by atoms with Gasteiger partial charge in [-0.3, -0.25) is 4.79 Å². The fourth-order valence-electron chi connectivity index (χ4n) is 0.961. The number of carbonyl (C=O) groups excluding carboxylic acids is 1. The zero-order valence-electron chi connectivity index (χ0n) is 8.32. The predicted molar refractivity (Wildman–Crippen MR) is 49.3 cm³/mol. The van der Waals surface area contributed by atoms with Crippen LogP contribution in [0.5, 0.6) is 0 Å². The summed E-state index contributed by atoms with van der Waals surface area (Å²) >= 11 is 0.